The smallest absolute Gasteiger partial charge is 0.246 e. The molecule has 0 bridgehead atoms. The molecule has 0 aromatic rings. The predicted octanol–water partition coefficient (Wildman–Crippen LogP) is 1.17. The van der Waals surface area contributed by atoms with Crippen molar-refractivity contribution in [3.05, 3.63) is 0 Å². The van der Waals surface area contributed by atoms with Crippen LogP contribution in [-0.2, 0) is 14.3 Å². The van der Waals surface area contributed by atoms with Gasteiger partial charge < -0.3 is 15.0 Å². The van der Waals surface area contributed by atoms with Gasteiger partial charge in [-0.3, -0.25) is 9.59 Å². The molecule has 0 aromatic heterocycles. The maximum atomic E-state index is 12.6. The van der Waals surface area contributed by atoms with Crippen molar-refractivity contribution in [3.63, 3.8) is 0 Å². The van der Waals surface area contributed by atoms with E-state index in [4.69, 9.17) is 4.74 Å². The normalized spacial score (nSPS) is 27.1. The zero-order chi connectivity index (χ0) is 14.7. The highest BCUT2D eigenvalue weighted by atomic mass is 16.5. The van der Waals surface area contributed by atoms with Gasteiger partial charge in [0.1, 0.15) is 12.1 Å². The van der Waals surface area contributed by atoms with Crippen LogP contribution >= 0.6 is 0 Å². The molecule has 5 heteroatoms. The van der Waals surface area contributed by atoms with E-state index in [9.17, 15) is 9.59 Å². The van der Waals surface area contributed by atoms with Crippen molar-refractivity contribution in [3.8, 4) is 0 Å². The van der Waals surface area contributed by atoms with E-state index in [-0.39, 0.29) is 23.9 Å². The summed E-state index contributed by atoms with van der Waals surface area (Å²) >= 11 is 0. The number of nitrogens with one attached hydrogen (secondary N) is 1. The van der Waals surface area contributed by atoms with Gasteiger partial charge >= 0.3 is 0 Å². The highest BCUT2D eigenvalue weighted by molar-refractivity contribution is 5.97. The molecule has 1 aliphatic heterocycles. The zero-order valence-corrected chi connectivity index (χ0v) is 12.7. The monoisotopic (exact) mass is 282 g/mol. The molecule has 0 spiro atoms. The summed E-state index contributed by atoms with van der Waals surface area (Å²) in [5, 5.41) is 2.94. The largest absolute Gasteiger partial charge is 0.385 e. The molecule has 1 saturated heterocycles. The minimum absolute atomic E-state index is 0.0209. The summed E-state index contributed by atoms with van der Waals surface area (Å²) in [4.78, 5) is 26.7. The van der Waals surface area contributed by atoms with Crippen LogP contribution in [0.5, 0.6) is 0 Å². The number of amides is 2. The van der Waals surface area contributed by atoms with Gasteiger partial charge in [-0.25, -0.2) is 0 Å². The first-order valence-electron chi connectivity index (χ1n) is 7.64. The third kappa shape index (κ3) is 3.51. The van der Waals surface area contributed by atoms with Crippen LogP contribution in [0.2, 0.25) is 0 Å². The van der Waals surface area contributed by atoms with Crippen molar-refractivity contribution < 1.29 is 14.3 Å². The lowest BCUT2D eigenvalue weighted by Gasteiger charge is -2.40. The van der Waals surface area contributed by atoms with Gasteiger partial charge in [-0.1, -0.05) is 13.8 Å². The second kappa shape index (κ2) is 6.57. The summed E-state index contributed by atoms with van der Waals surface area (Å²) in [7, 11) is 1.66. The first-order chi connectivity index (χ1) is 9.54. The fourth-order valence-corrected chi connectivity index (χ4v) is 2.86. The van der Waals surface area contributed by atoms with Gasteiger partial charge in [-0.2, -0.15) is 0 Å². The average molecular weight is 282 g/mol. The number of piperazine rings is 1. The number of hydrogen-bond donors (Lipinski definition) is 1. The lowest BCUT2D eigenvalue weighted by Crippen LogP contribution is -2.64. The van der Waals surface area contributed by atoms with Crippen LogP contribution in [0.3, 0.4) is 0 Å². The van der Waals surface area contributed by atoms with Gasteiger partial charge in [0.25, 0.3) is 0 Å². The number of hydrogen-bond acceptors (Lipinski definition) is 3. The van der Waals surface area contributed by atoms with E-state index < -0.39 is 0 Å². The number of carbonyl (C=O) groups is 2. The number of ether oxygens (including phenoxy) is 1. The first-order valence-corrected chi connectivity index (χ1v) is 7.64. The van der Waals surface area contributed by atoms with Gasteiger partial charge in [0.15, 0.2) is 0 Å². The van der Waals surface area contributed by atoms with Gasteiger partial charge in [0, 0.05) is 20.3 Å². The summed E-state index contributed by atoms with van der Waals surface area (Å²) in [6.07, 6.45) is 3.61. The average Bonchev–Trinajstić information content (AvgIpc) is 3.21. The Bertz CT molecular complexity index is 366. The van der Waals surface area contributed by atoms with Crippen LogP contribution in [-0.4, -0.2) is 49.1 Å². The van der Waals surface area contributed by atoms with Crippen LogP contribution in [0.4, 0.5) is 0 Å². The lowest BCUT2D eigenvalue weighted by molar-refractivity contribution is -0.150. The molecule has 2 amide bonds. The molecule has 114 valence electrons. The molecule has 2 atom stereocenters. The minimum Gasteiger partial charge on any atom is -0.385 e. The Morgan fingerprint density at radius 1 is 1.35 bits per heavy atom. The molecule has 1 heterocycles. The third-order valence-corrected chi connectivity index (χ3v) is 4.06. The molecule has 2 aliphatic rings. The fourth-order valence-electron chi connectivity index (χ4n) is 2.86. The van der Waals surface area contributed by atoms with Crippen molar-refractivity contribution in [2.24, 2.45) is 11.8 Å². The van der Waals surface area contributed by atoms with Gasteiger partial charge in [0.2, 0.25) is 11.8 Å². The Morgan fingerprint density at radius 3 is 2.60 bits per heavy atom. The maximum Gasteiger partial charge on any atom is 0.246 e. The SMILES string of the molecule is COCCCN1C(=O)C(C2CC2)NC(=O)C1CC(C)C. The molecule has 1 saturated carbocycles. The molecule has 0 aromatic carbocycles. The van der Waals surface area contributed by atoms with Crippen molar-refractivity contribution in [2.75, 3.05) is 20.3 Å². The second-order valence-electron chi connectivity index (χ2n) is 6.35. The molecule has 5 nitrogen and oxygen atoms in total. The van der Waals surface area contributed by atoms with E-state index in [1.54, 1.807) is 12.0 Å². The molecule has 1 aliphatic carbocycles. The van der Waals surface area contributed by atoms with E-state index in [1.807, 2.05) is 0 Å². The van der Waals surface area contributed by atoms with Gasteiger partial charge in [-0.15, -0.1) is 0 Å². The quantitative estimate of drug-likeness (QED) is 0.713. The molecule has 20 heavy (non-hydrogen) atoms. The van der Waals surface area contributed by atoms with Gasteiger partial charge in [0.05, 0.1) is 0 Å². The summed E-state index contributed by atoms with van der Waals surface area (Å²) in [5.74, 6) is 0.874. The third-order valence-electron chi connectivity index (χ3n) is 4.06. The molecular formula is C15H26N2O3. The van der Waals surface area contributed by atoms with Crippen LogP contribution < -0.4 is 5.32 Å². The fraction of sp³-hybridized carbons (Fsp3) is 0.867. The van der Waals surface area contributed by atoms with Crippen molar-refractivity contribution in [1.82, 2.24) is 10.2 Å². The highest BCUT2D eigenvalue weighted by Gasteiger charge is 2.46. The Hall–Kier alpha value is -1.10. The van der Waals surface area contributed by atoms with E-state index in [0.717, 1.165) is 25.7 Å². The predicted molar refractivity (Wildman–Crippen MR) is 76.1 cm³/mol. The molecule has 2 unspecified atom stereocenters. The maximum absolute atomic E-state index is 12.6. The molecule has 2 fully saturated rings. The standard InChI is InChI=1S/C15H26N2O3/c1-10(2)9-12-14(18)16-13(11-5-6-11)15(19)17(12)7-4-8-20-3/h10-13H,4-9H2,1-3H3,(H,16,18). The van der Waals surface area contributed by atoms with Crippen LogP contribution in [0.1, 0.15) is 39.5 Å². The summed E-state index contributed by atoms with van der Waals surface area (Å²) < 4.78 is 5.06. The van der Waals surface area contributed by atoms with E-state index in [1.165, 1.54) is 0 Å². The van der Waals surface area contributed by atoms with Crippen LogP contribution in [0, 0.1) is 11.8 Å². The van der Waals surface area contributed by atoms with E-state index in [0.29, 0.717) is 25.0 Å². The molecule has 1 N–H and O–H groups in total. The number of nitrogens with zero attached hydrogens (tertiary/aromatic N) is 1. The summed E-state index contributed by atoms with van der Waals surface area (Å²) in [5.41, 5.74) is 0. The second-order valence-corrected chi connectivity index (χ2v) is 6.35. The Morgan fingerprint density at radius 2 is 2.05 bits per heavy atom. The summed E-state index contributed by atoms with van der Waals surface area (Å²) in [6, 6.07) is -0.595. The summed E-state index contributed by atoms with van der Waals surface area (Å²) in [6.45, 7) is 5.39. The number of methoxy groups -OCH3 is 1. The minimum atomic E-state index is -0.311. The number of carbonyl (C=O) groups excluding carboxylic acids is 2. The first kappa shape index (κ1) is 15.3. The number of rotatable bonds is 7. The lowest BCUT2D eigenvalue weighted by atomic mass is 9.96. The molecular weight excluding hydrogens is 256 g/mol. The highest BCUT2D eigenvalue weighted by Crippen LogP contribution is 2.35. The van der Waals surface area contributed by atoms with Crippen molar-refractivity contribution in [2.45, 2.75) is 51.6 Å². The topological polar surface area (TPSA) is 58.6 Å². The van der Waals surface area contributed by atoms with Gasteiger partial charge in [-0.05, 0) is 37.5 Å². The zero-order valence-electron chi connectivity index (χ0n) is 12.7. The Balaban J connectivity index is 2.07. The van der Waals surface area contributed by atoms with Crippen molar-refractivity contribution in [1.29, 1.82) is 0 Å². The van der Waals surface area contributed by atoms with E-state index >= 15 is 0 Å². The molecule has 0 radical (unpaired) electrons. The van der Waals surface area contributed by atoms with Crippen molar-refractivity contribution >= 4 is 11.8 Å². The Kier molecular flexibility index (Phi) is 5.02. The Labute approximate surface area is 121 Å². The van der Waals surface area contributed by atoms with Crippen LogP contribution in [0.15, 0.2) is 0 Å². The molecule has 2 rings (SSSR count). The van der Waals surface area contributed by atoms with Crippen LogP contribution in [0.25, 0.3) is 0 Å². The van der Waals surface area contributed by atoms with E-state index in [2.05, 4.69) is 19.2 Å².